The summed E-state index contributed by atoms with van der Waals surface area (Å²) in [5.41, 5.74) is 3.78. The van der Waals surface area contributed by atoms with E-state index in [4.69, 9.17) is 4.74 Å². The van der Waals surface area contributed by atoms with Gasteiger partial charge in [-0.2, -0.15) is 0 Å². The fraction of sp³-hybridized carbons (Fsp3) is 0.650. The summed E-state index contributed by atoms with van der Waals surface area (Å²) >= 11 is 0. The van der Waals surface area contributed by atoms with E-state index in [1.807, 2.05) is 12.1 Å². The summed E-state index contributed by atoms with van der Waals surface area (Å²) in [6, 6.07) is 6.46. The van der Waals surface area contributed by atoms with E-state index in [0.29, 0.717) is 24.7 Å². The zero-order chi connectivity index (χ0) is 16.6. The Bertz CT molecular complexity index is 624. The number of hydrogen-bond donors (Lipinski definition) is 1. The molecular weight excluding hydrogens is 300 g/mol. The minimum atomic E-state index is 0.0751. The Hall–Kier alpha value is -1.39. The van der Waals surface area contributed by atoms with Gasteiger partial charge in [-0.1, -0.05) is 18.6 Å². The van der Waals surface area contributed by atoms with Gasteiger partial charge in [0, 0.05) is 24.7 Å². The Morgan fingerprint density at radius 1 is 1.38 bits per heavy atom. The van der Waals surface area contributed by atoms with E-state index < -0.39 is 0 Å². The Morgan fingerprint density at radius 3 is 3.00 bits per heavy atom. The van der Waals surface area contributed by atoms with Crippen LogP contribution in [0.25, 0.3) is 0 Å². The molecule has 130 valence electrons. The monoisotopic (exact) mass is 328 g/mol. The van der Waals surface area contributed by atoms with Gasteiger partial charge in [-0.3, -0.25) is 4.79 Å². The van der Waals surface area contributed by atoms with Gasteiger partial charge in [0.2, 0.25) is 0 Å². The van der Waals surface area contributed by atoms with Crippen LogP contribution in [-0.4, -0.2) is 43.6 Å². The molecule has 1 aromatic rings. The zero-order valence-electron chi connectivity index (χ0n) is 14.6. The number of rotatable bonds is 3. The molecule has 1 atom stereocenters. The van der Waals surface area contributed by atoms with Crippen molar-refractivity contribution in [2.45, 2.75) is 51.2 Å². The molecule has 24 heavy (non-hydrogen) atoms. The van der Waals surface area contributed by atoms with Crippen LogP contribution in [0.5, 0.6) is 0 Å². The van der Waals surface area contributed by atoms with E-state index in [-0.39, 0.29) is 5.91 Å². The second kappa shape index (κ2) is 6.49. The van der Waals surface area contributed by atoms with Crippen LogP contribution < -0.4 is 5.32 Å². The SMILES string of the molecule is CN1CC2(CCC2)CCC1CNC(=O)c1cccc2c1CCOC2. The third-order valence-corrected chi connectivity index (χ3v) is 6.40. The smallest absolute Gasteiger partial charge is 0.251 e. The molecule has 0 radical (unpaired) electrons. The van der Waals surface area contributed by atoms with Crippen LogP contribution in [0.1, 0.15) is 53.6 Å². The van der Waals surface area contributed by atoms with Crippen molar-refractivity contribution >= 4 is 5.91 Å². The molecule has 1 aromatic carbocycles. The van der Waals surface area contributed by atoms with Crippen LogP contribution in [-0.2, 0) is 17.8 Å². The number of hydrogen-bond acceptors (Lipinski definition) is 3. The summed E-state index contributed by atoms with van der Waals surface area (Å²) in [6.45, 7) is 3.30. The summed E-state index contributed by atoms with van der Waals surface area (Å²) in [6.07, 6.45) is 7.57. The molecule has 1 N–H and O–H groups in total. The van der Waals surface area contributed by atoms with E-state index in [1.165, 1.54) is 44.2 Å². The van der Waals surface area contributed by atoms with Crippen LogP contribution in [0.4, 0.5) is 0 Å². The number of piperidine rings is 1. The first kappa shape index (κ1) is 16.1. The quantitative estimate of drug-likeness (QED) is 0.928. The molecule has 4 rings (SSSR count). The summed E-state index contributed by atoms with van der Waals surface area (Å²) in [5.74, 6) is 0.0751. The number of likely N-dealkylation sites (tertiary alicyclic amines) is 1. The lowest BCUT2D eigenvalue weighted by atomic mass is 9.63. The van der Waals surface area contributed by atoms with Crippen LogP contribution in [0.2, 0.25) is 0 Å². The third kappa shape index (κ3) is 2.98. The molecule has 1 unspecified atom stereocenters. The van der Waals surface area contributed by atoms with Crippen molar-refractivity contribution in [2.75, 3.05) is 26.7 Å². The van der Waals surface area contributed by atoms with Crippen LogP contribution in [0.3, 0.4) is 0 Å². The van der Waals surface area contributed by atoms with E-state index in [9.17, 15) is 4.79 Å². The van der Waals surface area contributed by atoms with Gasteiger partial charge in [0.05, 0.1) is 13.2 Å². The molecule has 4 heteroatoms. The van der Waals surface area contributed by atoms with Crippen molar-refractivity contribution < 1.29 is 9.53 Å². The molecule has 4 nitrogen and oxygen atoms in total. The van der Waals surface area contributed by atoms with Gasteiger partial charge in [0.15, 0.2) is 0 Å². The minimum Gasteiger partial charge on any atom is -0.376 e. The van der Waals surface area contributed by atoms with Gasteiger partial charge in [-0.25, -0.2) is 0 Å². The first-order valence-electron chi connectivity index (χ1n) is 9.34. The molecule has 1 saturated carbocycles. The van der Waals surface area contributed by atoms with E-state index in [2.05, 4.69) is 23.3 Å². The molecule has 2 fully saturated rings. The van der Waals surface area contributed by atoms with Gasteiger partial charge >= 0.3 is 0 Å². The molecule has 1 saturated heterocycles. The van der Waals surface area contributed by atoms with Crippen LogP contribution >= 0.6 is 0 Å². The van der Waals surface area contributed by atoms with E-state index in [0.717, 1.165) is 24.1 Å². The van der Waals surface area contributed by atoms with Gasteiger partial charge < -0.3 is 15.0 Å². The molecule has 2 aliphatic heterocycles. The fourth-order valence-corrected chi connectivity index (χ4v) is 4.71. The second-order valence-corrected chi connectivity index (χ2v) is 7.92. The maximum absolute atomic E-state index is 12.7. The van der Waals surface area contributed by atoms with Gasteiger partial charge in [0.25, 0.3) is 5.91 Å². The van der Waals surface area contributed by atoms with Gasteiger partial charge in [-0.15, -0.1) is 0 Å². The molecular formula is C20H28N2O2. The van der Waals surface area contributed by atoms with Crippen LogP contribution in [0, 0.1) is 5.41 Å². The number of ether oxygens (including phenoxy) is 1. The van der Waals surface area contributed by atoms with E-state index >= 15 is 0 Å². The topological polar surface area (TPSA) is 41.6 Å². The lowest BCUT2D eigenvalue weighted by Gasteiger charge is -2.51. The predicted molar refractivity (Wildman–Crippen MR) is 94.1 cm³/mol. The van der Waals surface area contributed by atoms with Crippen molar-refractivity contribution in [3.05, 3.63) is 34.9 Å². The summed E-state index contributed by atoms with van der Waals surface area (Å²) in [5, 5.41) is 3.19. The zero-order valence-corrected chi connectivity index (χ0v) is 14.6. The molecule has 1 spiro atoms. The Labute approximate surface area is 144 Å². The van der Waals surface area contributed by atoms with Crippen molar-refractivity contribution in [1.29, 1.82) is 0 Å². The predicted octanol–water partition coefficient (Wildman–Crippen LogP) is 2.75. The molecule has 0 bridgehead atoms. The molecule has 2 heterocycles. The number of amides is 1. The lowest BCUT2D eigenvalue weighted by molar-refractivity contribution is 0.00276. The normalized spacial score (nSPS) is 25.8. The highest BCUT2D eigenvalue weighted by molar-refractivity contribution is 5.96. The van der Waals surface area contributed by atoms with Gasteiger partial charge in [-0.05, 0) is 61.8 Å². The number of carbonyl (C=O) groups is 1. The average Bonchev–Trinajstić information content (AvgIpc) is 2.58. The number of benzene rings is 1. The standard InChI is InChI=1S/C20H28N2O2/c1-22-14-20(8-3-9-20)10-6-16(22)12-21-19(23)18-5-2-4-15-13-24-11-7-17(15)18/h2,4-5,16H,3,6-14H2,1H3,(H,21,23). The molecule has 0 aromatic heterocycles. The summed E-state index contributed by atoms with van der Waals surface area (Å²) in [4.78, 5) is 15.2. The highest BCUT2D eigenvalue weighted by atomic mass is 16.5. The van der Waals surface area contributed by atoms with Crippen molar-refractivity contribution in [1.82, 2.24) is 10.2 Å². The Kier molecular flexibility index (Phi) is 4.35. The van der Waals surface area contributed by atoms with Gasteiger partial charge in [0.1, 0.15) is 0 Å². The first-order valence-corrected chi connectivity index (χ1v) is 9.34. The van der Waals surface area contributed by atoms with E-state index in [1.54, 1.807) is 0 Å². The lowest BCUT2D eigenvalue weighted by Crippen LogP contribution is -2.53. The number of likely N-dealkylation sites (N-methyl/N-ethyl adjacent to an activating group) is 1. The second-order valence-electron chi connectivity index (χ2n) is 7.92. The molecule has 1 amide bonds. The first-order chi connectivity index (χ1) is 11.7. The summed E-state index contributed by atoms with van der Waals surface area (Å²) < 4.78 is 5.50. The third-order valence-electron chi connectivity index (χ3n) is 6.40. The maximum atomic E-state index is 12.7. The molecule has 1 aliphatic carbocycles. The highest BCUT2D eigenvalue weighted by Gasteiger charge is 2.42. The number of carbonyl (C=O) groups excluding carboxylic acids is 1. The largest absolute Gasteiger partial charge is 0.376 e. The number of fused-ring (bicyclic) bond motifs is 1. The fourth-order valence-electron chi connectivity index (χ4n) is 4.71. The maximum Gasteiger partial charge on any atom is 0.251 e. The van der Waals surface area contributed by atoms with Crippen molar-refractivity contribution in [2.24, 2.45) is 5.41 Å². The molecule has 3 aliphatic rings. The number of nitrogens with one attached hydrogen (secondary N) is 1. The van der Waals surface area contributed by atoms with Crippen molar-refractivity contribution in [3.8, 4) is 0 Å². The highest BCUT2D eigenvalue weighted by Crippen LogP contribution is 2.48. The van der Waals surface area contributed by atoms with Crippen LogP contribution in [0.15, 0.2) is 18.2 Å². The van der Waals surface area contributed by atoms with Crippen molar-refractivity contribution in [3.63, 3.8) is 0 Å². The average molecular weight is 328 g/mol. The summed E-state index contributed by atoms with van der Waals surface area (Å²) in [7, 11) is 2.22. The Balaban J connectivity index is 1.37. The Morgan fingerprint density at radius 2 is 2.25 bits per heavy atom. The number of nitrogens with zero attached hydrogens (tertiary/aromatic N) is 1. The minimum absolute atomic E-state index is 0.0751.